The van der Waals surface area contributed by atoms with Gasteiger partial charge in [-0.25, -0.2) is 0 Å². The van der Waals surface area contributed by atoms with Crippen LogP contribution >= 0.6 is 0 Å². The zero-order chi connectivity index (χ0) is 9.61. The topological polar surface area (TPSA) is 40.5 Å². The molecule has 0 saturated heterocycles. The third-order valence-electron chi connectivity index (χ3n) is 1.15. The molecule has 0 unspecified atom stereocenters. The molecule has 0 amide bonds. The highest BCUT2D eigenvalue weighted by molar-refractivity contribution is 5.51. The van der Waals surface area contributed by atoms with Gasteiger partial charge >= 0.3 is 6.18 Å². The summed E-state index contributed by atoms with van der Waals surface area (Å²) in [6.07, 6.45) is -3.94. The summed E-state index contributed by atoms with van der Waals surface area (Å²) >= 11 is 0. The van der Waals surface area contributed by atoms with Gasteiger partial charge in [0.15, 0.2) is 0 Å². The first-order valence-electron chi connectivity index (χ1n) is 3.33. The van der Waals surface area contributed by atoms with Crippen molar-refractivity contribution < 1.29 is 23.1 Å². The number of hydrogen-bond donors (Lipinski definition) is 1. The molecular formula is C6H10F3NO2. The molecule has 0 aromatic rings. The first-order valence-corrected chi connectivity index (χ1v) is 3.33. The number of aliphatic hydroxyl groups excluding tert-OH is 1. The number of halogens is 3. The first-order chi connectivity index (χ1) is 5.49. The minimum absolute atomic E-state index is 0.141. The molecule has 0 bridgehead atoms. The fourth-order valence-electron chi connectivity index (χ4n) is 0.735. The third kappa shape index (κ3) is 6.11. The molecule has 0 fully saturated rings. The number of carbonyl (C=O) groups excluding carboxylic acids is 1. The van der Waals surface area contributed by atoms with E-state index in [-0.39, 0.29) is 19.7 Å². The van der Waals surface area contributed by atoms with Crippen LogP contribution in [-0.4, -0.2) is 48.7 Å². The van der Waals surface area contributed by atoms with Crippen LogP contribution < -0.4 is 0 Å². The molecule has 1 N–H and O–H groups in total. The Labute approximate surface area is 67.8 Å². The van der Waals surface area contributed by atoms with Crippen molar-refractivity contribution in [3.05, 3.63) is 0 Å². The first kappa shape index (κ1) is 11.4. The van der Waals surface area contributed by atoms with Gasteiger partial charge in [0.2, 0.25) is 0 Å². The Bertz CT molecular complexity index is 137. The highest BCUT2D eigenvalue weighted by Gasteiger charge is 2.30. The van der Waals surface area contributed by atoms with Crippen LogP contribution in [0.1, 0.15) is 0 Å². The second-order valence-corrected chi connectivity index (χ2v) is 2.24. The zero-order valence-corrected chi connectivity index (χ0v) is 6.34. The molecule has 0 radical (unpaired) electrons. The molecule has 72 valence electrons. The number of nitrogens with zero attached hydrogens (tertiary/aromatic N) is 1. The number of aldehydes is 1. The molecule has 0 rings (SSSR count). The van der Waals surface area contributed by atoms with Crippen molar-refractivity contribution in [3.8, 4) is 0 Å². The minimum Gasteiger partial charge on any atom is -0.395 e. The second kappa shape index (κ2) is 5.10. The van der Waals surface area contributed by atoms with E-state index >= 15 is 0 Å². The van der Waals surface area contributed by atoms with Gasteiger partial charge in [0.1, 0.15) is 6.29 Å². The van der Waals surface area contributed by atoms with E-state index in [1.807, 2.05) is 0 Å². The van der Waals surface area contributed by atoms with Crippen LogP contribution in [-0.2, 0) is 4.79 Å². The Morgan fingerprint density at radius 3 is 2.33 bits per heavy atom. The number of alkyl halides is 3. The van der Waals surface area contributed by atoms with Crippen LogP contribution in [0.15, 0.2) is 0 Å². The number of hydrogen-bond acceptors (Lipinski definition) is 3. The number of carbonyl (C=O) groups is 1. The van der Waals surface area contributed by atoms with Gasteiger partial charge in [-0.05, 0) is 0 Å². The molecule has 0 atom stereocenters. The van der Waals surface area contributed by atoms with Gasteiger partial charge in [-0.2, -0.15) is 13.2 Å². The quantitative estimate of drug-likeness (QED) is 0.615. The molecule has 6 heteroatoms. The molecular weight excluding hydrogens is 175 g/mol. The second-order valence-electron chi connectivity index (χ2n) is 2.24. The van der Waals surface area contributed by atoms with E-state index < -0.39 is 12.7 Å². The van der Waals surface area contributed by atoms with Gasteiger partial charge in [0.25, 0.3) is 0 Å². The molecule has 3 nitrogen and oxygen atoms in total. The van der Waals surface area contributed by atoms with Crippen molar-refractivity contribution in [1.29, 1.82) is 0 Å². The fraction of sp³-hybridized carbons (Fsp3) is 0.833. The lowest BCUT2D eigenvalue weighted by molar-refractivity contribution is -0.147. The normalized spacial score (nSPS) is 12.1. The van der Waals surface area contributed by atoms with E-state index in [9.17, 15) is 18.0 Å². The molecule has 0 aromatic heterocycles. The molecule has 0 aliphatic heterocycles. The van der Waals surface area contributed by atoms with Crippen molar-refractivity contribution in [2.45, 2.75) is 6.18 Å². The van der Waals surface area contributed by atoms with Crippen molar-refractivity contribution in [3.63, 3.8) is 0 Å². The molecule has 0 aromatic carbocycles. The van der Waals surface area contributed by atoms with E-state index in [0.29, 0.717) is 6.29 Å². The monoisotopic (exact) mass is 185 g/mol. The van der Waals surface area contributed by atoms with Gasteiger partial charge in [-0.3, -0.25) is 4.90 Å². The predicted molar refractivity (Wildman–Crippen MR) is 35.6 cm³/mol. The van der Waals surface area contributed by atoms with E-state index in [4.69, 9.17) is 5.11 Å². The maximum absolute atomic E-state index is 11.7. The van der Waals surface area contributed by atoms with Gasteiger partial charge in [-0.15, -0.1) is 0 Å². The van der Waals surface area contributed by atoms with E-state index in [0.717, 1.165) is 4.90 Å². The Balaban J connectivity index is 3.85. The summed E-state index contributed by atoms with van der Waals surface area (Å²) in [5, 5.41) is 8.34. The van der Waals surface area contributed by atoms with E-state index in [1.165, 1.54) is 0 Å². The maximum atomic E-state index is 11.7. The minimum atomic E-state index is -4.32. The highest BCUT2D eigenvalue weighted by atomic mass is 19.4. The van der Waals surface area contributed by atoms with Crippen molar-refractivity contribution in [1.82, 2.24) is 4.90 Å². The maximum Gasteiger partial charge on any atom is 0.401 e. The van der Waals surface area contributed by atoms with E-state index in [1.54, 1.807) is 0 Å². The summed E-state index contributed by atoms with van der Waals surface area (Å²) in [6.45, 7) is -1.99. The molecule has 0 aliphatic carbocycles. The Hall–Kier alpha value is -0.620. The van der Waals surface area contributed by atoms with Gasteiger partial charge < -0.3 is 9.90 Å². The molecule has 0 saturated carbocycles. The van der Waals surface area contributed by atoms with Crippen molar-refractivity contribution in [2.75, 3.05) is 26.2 Å². The van der Waals surface area contributed by atoms with Gasteiger partial charge in [0.05, 0.1) is 19.7 Å². The summed E-state index contributed by atoms with van der Waals surface area (Å²) in [5.74, 6) is 0. The number of aliphatic hydroxyl groups is 1. The van der Waals surface area contributed by atoms with Crippen LogP contribution in [0, 0.1) is 0 Å². The number of rotatable bonds is 5. The molecule has 0 heterocycles. The largest absolute Gasteiger partial charge is 0.401 e. The average molecular weight is 185 g/mol. The highest BCUT2D eigenvalue weighted by Crippen LogP contribution is 2.15. The van der Waals surface area contributed by atoms with Crippen LogP contribution in [0.5, 0.6) is 0 Å². The Morgan fingerprint density at radius 1 is 1.42 bits per heavy atom. The summed E-state index contributed by atoms with van der Waals surface area (Å²) in [4.78, 5) is 10.7. The van der Waals surface area contributed by atoms with Crippen LogP contribution in [0.3, 0.4) is 0 Å². The molecule has 12 heavy (non-hydrogen) atoms. The van der Waals surface area contributed by atoms with Gasteiger partial charge in [0, 0.05) is 6.54 Å². The van der Waals surface area contributed by atoms with Crippen LogP contribution in [0.4, 0.5) is 13.2 Å². The SMILES string of the molecule is O=CCN(CCO)CC(F)(F)F. The van der Waals surface area contributed by atoms with Crippen LogP contribution in [0.2, 0.25) is 0 Å². The smallest absolute Gasteiger partial charge is 0.395 e. The summed E-state index contributed by atoms with van der Waals surface area (Å²) in [7, 11) is 0. The molecule has 0 aliphatic rings. The predicted octanol–water partition coefficient (Wildman–Crippen LogP) is 0.0419. The van der Waals surface area contributed by atoms with Crippen LogP contribution in [0.25, 0.3) is 0 Å². The van der Waals surface area contributed by atoms with Crippen molar-refractivity contribution in [2.24, 2.45) is 0 Å². The Morgan fingerprint density at radius 2 is 2.00 bits per heavy atom. The lowest BCUT2D eigenvalue weighted by Crippen LogP contribution is -2.37. The summed E-state index contributed by atoms with van der Waals surface area (Å²) < 4.78 is 35.1. The molecule has 0 spiro atoms. The standard InChI is InChI=1S/C6H10F3NO2/c7-6(8,9)5-10(1-3-11)2-4-12/h3,12H,1-2,4-5H2. The summed E-state index contributed by atoms with van der Waals surface area (Å²) in [6, 6.07) is 0. The lowest BCUT2D eigenvalue weighted by atomic mass is 10.4. The lowest BCUT2D eigenvalue weighted by Gasteiger charge is -2.19. The zero-order valence-electron chi connectivity index (χ0n) is 6.34. The fourth-order valence-corrected chi connectivity index (χ4v) is 0.735. The summed E-state index contributed by atoms with van der Waals surface area (Å²) in [5.41, 5.74) is 0. The van der Waals surface area contributed by atoms with E-state index in [2.05, 4.69) is 0 Å². The average Bonchev–Trinajstić information content (AvgIpc) is 1.84. The van der Waals surface area contributed by atoms with Crippen molar-refractivity contribution >= 4 is 6.29 Å². The third-order valence-corrected chi connectivity index (χ3v) is 1.15. The Kier molecular flexibility index (Phi) is 4.84. The van der Waals surface area contributed by atoms with Gasteiger partial charge in [-0.1, -0.05) is 0 Å².